The van der Waals surface area contributed by atoms with Gasteiger partial charge in [0.15, 0.2) is 0 Å². The van der Waals surface area contributed by atoms with Gasteiger partial charge in [0.05, 0.1) is 11.8 Å². The first-order valence-electron chi connectivity index (χ1n) is 7.88. The van der Waals surface area contributed by atoms with Crippen LogP contribution in [0.4, 0.5) is 5.82 Å². The van der Waals surface area contributed by atoms with E-state index in [-0.39, 0.29) is 5.54 Å². The Balaban J connectivity index is 2.13. The molecule has 1 saturated heterocycles. The van der Waals surface area contributed by atoms with Crippen LogP contribution in [0.3, 0.4) is 0 Å². The lowest BCUT2D eigenvalue weighted by Crippen LogP contribution is -2.36. The molecular formula is C16H30N4O. The van der Waals surface area contributed by atoms with Gasteiger partial charge in [-0.25, -0.2) is 0 Å². The molecule has 2 rings (SSSR count). The summed E-state index contributed by atoms with van der Waals surface area (Å²) in [5.74, 6) is 1.19. The molecule has 120 valence electrons. The minimum Gasteiger partial charge on any atom is -0.376 e. The molecule has 0 spiro atoms. The fourth-order valence-electron chi connectivity index (χ4n) is 2.91. The predicted molar refractivity (Wildman–Crippen MR) is 86.8 cm³/mol. The van der Waals surface area contributed by atoms with E-state index in [4.69, 9.17) is 4.74 Å². The summed E-state index contributed by atoms with van der Waals surface area (Å²) in [5.41, 5.74) is 2.49. The number of aryl methyl sites for hydroxylation is 2. The third-order valence-corrected chi connectivity index (χ3v) is 3.97. The van der Waals surface area contributed by atoms with Crippen LogP contribution in [0.15, 0.2) is 0 Å². The van der Waals surface area contributed by atoms with Gasteiger partial charge < -0.3 is 15.0 Å². The lowest BCUT2D eigenvalue weighted by molar-refractivity contribution is 0.116. The van der Waals surface area contributed by atoms with Gasteiger partial charge in [-0.15, -0.1) is 0 Å². The van der Waals surface area contributed by atoms with E-state index >= 15 is 0 Å². The van der Waals surface area contributed by atoms with E-state index in [1.165, 1.54) is 17.8 Å². The number of rotatable bonds is 5. The molecule has 1 unspecified atom stereocenters. The Kier molecular flexibility index (Phi) is 4.94. The van der Waals surface area contributed by atoms with Crippen molar-refractivity contribution in [1.29, 1.82) is 0 Å². The normalized spacial score (nSPS) is 19.2. The van der Waals surface area contributed by atoms with Gasteiger partial charge in [0, 0.05) is 44.9 Å². The summed E-state index contributed by atoms with van der Waals surface area (Å²) in [6.45, 7) is 11.3. The number of hydrogen-bond donors (Lipinski definition) is 1. The number of aromatic nitrogens is 2. The van der Waals surface area contributed by atoms with Gasteiger partial charge in [-0.3, -0.25) is 4.68 Å². The summed E-state index contributed by atoms with van der Waals surface area (Å²) in [5, 5.41) is 8.17. The Morgan fingerprint density at radius 3 is 2.71 bits per heavy atom. The van der Waals surface area contributed by atoms with E-state index in [1.54, 1.807) is 0 Å². The molecule has 5 nitrogen and oxygen atoms in total. The first kappa shape index (κ1) is 16.3. The van der Waals surface area contributed by atoms with E-state index in [0.717, 1.165) is 31.8 Å². The van der Waals surface area contributed by atoms with Crippen LogP contribution in [-0.2, 0) is 18.3 Å². The maximum atomic E-state index is 5.76. The zero-order valence-corrected chi connectivity index (χ0v) is 14.4. The Labute approximate surface area is 128 Å². The summed E-state index contributed by atoms with van der Waals surface area (Å²) >= 11 is 0. The average Bonchev–Trinajstić information content (AvgIpc) is 2.93. The zero-order valence-electron chi connectivity index (χ0n) is 14.4. The topological polar surface area (TPSA) is 42.3 Å². The number of ether oxygens (including phenoxy) is 1. The maximum absolute atomic E-state index is 5.76. The Morgan fingerprint density at radius 1 is 1.43 bits per heavy atom. The molecule has 1 aromatic heterocycles. The molecule has 0 amide bonds. The van der Waals surface area contributed by atoms with Crippen molar-refractivity contribution >= 4 is 5.82 Å². The van der Waals surface area contributed by atoms with Crippen molar-refractivity contribution in [3.05, 3.63) is 11.3 Å². The smallest absolute Gasteiger partial charge is 0.131 e. The molecule has 1 aliphatic heterocycles. The molecule has 5 heteroatoms. The molecule has 21 heavy (non-hydrogen) atoms. The van der Waals surface area contributed by atoms with Crippen LogP contribution in [0.5, 0.6) is 0 Å². The van der Waals surface area contributed by atoms with Crippen LogP contribution in [0.2, 0.25) is 0 Å². The van der Waals surface area contributed by atoms with Crippen molar-refractivity contribution in [2.75, 3.05) is 25.1 Å². The largest absolute Gasteiger partial charge is 0.376 e. The van der Waals surface area contributed by atoms with Crippen LogP contribution in [-0.4, -0.2) is 41.6 Å². The van der Waals surface area contributed by atoms with E-state index in [2.05, 4.69) is 50.1 Å². The average molecular weight is 294 g/mol. The summed E-state index contributed by atoms with van der Waals surface area (Å²) in [6.07, 6.45) is 2.70. The molecule has 1 atom stereocenters. The van der Waals surface area contributed by atoms with Crippen LogP contribution >= 0.6 is 0 Å². The van der Waals surface area contributed by atoms with Crippen molar-refractivity contribution in [2.45, 2.75) is 58.7 Å². The Bertz CT molecular complexity index is 469. The SMILES string of the molecule is Cc1nn(C)c(N(C)CC2CCCO2)c1CNC(C)(C)C. The summed E-state index contributed by atoms with van der Waals surface area (Å²) in [4.78, 5) is 2.29. The highest BCUT2D eigenvalue weighted by Crippen LogP contribution is 2.24. The van der Waals surface area contributed by atoms with Crippen molar-refractivity contribution in [3.8, 4) is 0 Å². The summed E-state index contributed by atoms with van der Waals surface area (Å²) in [7, 11) is 4.16. The maximum Gasteiger partial charge on any atom is 0.131 e. The van der Waals surface area contributed by atoms with Gasteiger partial charge in [0.1, 0.15) is 5.82 Å². The van der Waals surface area contributed by atoms with E-state index in [0.29, 0.717) is 6.10 Å². The molecule has 1 fully saturated rings. The van der Waals surface area contributed by atoms with E-state index in [9.17, 15) is 0 Å². The number of likely N-dealkylation sites (N-methyl/N-ethyl adjacent to an activating group) is 1. The summed E-state index contributed by atoms with van der Waals surface area (Å²) in [6, 6.07) is 0. The van der Waals surface area contributed by atoms with Crippen molar-refractivity contribution in [3.63, 3.8) is 0 Å². The second-order valence-electron chi connectivity index (χ2n) is 7.13. The highest BCUT2D eigenvalue weighted by atomic mass is 16.5. The lowest BCUT2D eigenvalue weighted by Gasteiger charge is -2.26. The van der Waals surface area contributed by atoms with Crippen molar-refractivity contribution in [2.24, 2.45) is 7.05 Å². The molecule has 0 aromatic carbocycles. The highest BCUT2D eigenvalue weighted by molar-refractivity contribution is 5.49. The predicted octanol–water partition coefficient (Wildman–Crippen LogP) is 2.23. The van der Waals surface area contributed by atoms with E-state index in [1.807, 2.05) is 11.7 Å². The number of hydrogen-bond acceptors (Lipinski definition) is 4. The standard InChI is InChI=1S/C16H30N4O/c1-12-14(10-17-16(2,3)4)15(20(6)18-12)19(5)11-13-8-7-9-21-13/h13,17H,7-11H2,1-6H3. The molecule has 0 aliphatic carbocycles. The summed E-state index contributed by atoms with van der Waals surface area (Å²) < 4.78 is 7.75. The zero-order chi connectivity index (χ0) is 15.6. The lowest BCUT2D eigenvalue weighted by atomic mass is 10.1. The number of nitrogens with one attached hydrogen (secondary N) is 1. The van der Waals surface area contributed by atoms with Crippen molar-refractivity contribution < 1.29 is 4.74 Å². The molecule has 0 saturated carbocycles. The first-order chi connectivity index (χ1) is 9.78. The molecule has 0 bridgehead atoms. The van der Waals surface area contributed by atoms with Crippen LogP contribution in [0, 0.1) is 6.92 Å². The highest BCUT2D eigenvalue weighted by Gasteiger charge is 2.23. The fourth-order valence-corrected chi connectivity index (χ4v) is 2.91. The van der Waals surface area contributed by atoms with Crippen LogP contribution in [0.25, 0.3) is 0 Å². The van der Waals surface area contributed by atoms with Gasteiger partial charge in [-0.1, -0.05) is 0 Å². The molecule has 0 radical (unpaired) electrons. The molecule has 1 aliphatic rings. The van der Waals surface area contributed by atoms with Gasteiger partial charge in [-0.05, 0) is 40.5 Å². The van der Waals surface area contributed by atoms with Crippen LogP contribution in [0.1, 0.15) is 44.9 Å². The van der Waals surface area contributed by atoms with Gasteiger partial charge in [0.25, 0.3) is 0 Å². The Morgan fingerprint density at radius 2 is 2.14 bits per heavy atom. The minimum atomic E-state index is 0.104. The van der Waals surface area contributed by atoms with E-state index < -0.39 is 0 Å². The van der Waals surface area contributed by atoms with Gasteiger partial charge in [-0.2, -0.15) is 5.10 Å². The van der Waals surface area contributed by atoms with Crippen molar-refractivity contribution in [1.82, 2.24) is 15.1 Å². The second kappa shape index (κ2) is 6.36. The van der Waals surface area contributed by atoms with Gasteiger partial charge in [0.2, 0.25) is 0 Å². The second-order valence-corrected chi connectivity index (χ2v) is 7.13. The first-order valence-corrected chi connectivity index (χ1v) is 7.88. The number of anilines is 1. The molecule has 1 aromatic rings. The minimum absolute atomic E-state index is 0.104. The quantitative estimate of drug-likeness (QED) is 0.904. The Hall–Kier alpha value is -1.07. The van der Waals surface area contributed by atoms with Gasteiger partial charge >= 0.3 is 0 Å². The fraction of sp³-hybridized carbons (Fsp3) is 0.812. The molecule has 2 heterocycles. The third kappa shape index (κ3) is 4.20. The molecule has 1 N–H and O–H groups in total. The van der Waals surface area contributed by atoms with Crippen LogP contribution < -0.4 is 10.2 Å². The molecular weight excluding hydrogens is 264 g/mol. The monoisotopic (exact) mass is 294 g/mol. The third-order valence-electron chi connectivity index (χ3n) is 3.97. The number of nitrogens with zero attached hydrogens (tertiary/aromatic N) is 3.